The fourth-order valence-electron chi connectivity index (χ4n) is 2.42. The summed E-state index contributed by atoms with van der Waals surface area (Å²) in [4.78, 5) is 2.44. The molecule has 3 heteroatoms. The summed E-state index contributed by atoms with van der Waals surface area (Å²) in [6.45, 7) is 13.0. The molecule has 18 heavy (non-hydrogen) atoms. The molecule has 1 N–H and O–H groups in total. The third-order valence-electron chi connectivity index (χ3n) is 3.66. The first kappa shape index (κ1) is 15.9. The molecule has 1 saturated carbocycles. The fraction of sp³-hybridized carbons (Fsp3) is 1.00. The molecule has 0 saturated heterocycles. The van der Waals surface area contributed by atoms with Crippen molar-refractivity contribution in [3.8, 4) is 0 Å². The smallest absolute Gasteiger partial charge is 0.0580 e. The molecule has 0 radical (unpaired) electrons. The van der Waals surface area contributed by atoms with Crippen LogP contribution in [0.2, 0.25) is 0 Å². The molecular weight excluding hydrogens is 224 g/mol. The predicted octanol–water partition coefficient (Wildman–Crippen LogP) is 2.51. The first-order chi connectivity index (χ1) is 8.40. The molecule has 3 nitrogen and oxygen atoms in total. The van der Waals surface area contributed by atoms with Gasteiger partial charge < -0.3 is 15.0 Å². The molecule has 0 aromatic rings. The van der Waals surface area contributed by atoms with E-state index in [1.165, 1.54) is 25.8 Å². The van der Waals surface area contributed by atoms with Crippen molar-refractivity contribution < 1.29 is 4.74 Å². The highest BCUT2D eigenvalue weighted by molar-refractivity contribution is 4.81. The van der Waals surface area contributed by atoms with Gasteiger partial charge in [-0.15, -0.1) is 0 Å². The Hall–Kier alpha value is -0.120. The lowest BCUT2D eigenvalue weighted by Crippen LogP contribution is -2.41. The van der Waals surface area contributed by atoms with Gasteiger partial charge in [0.15, 0.2) is 0 Å². The SMILES string of the molecule is CCOC1CC(CCN(C)CCNC(C)(C)C)C1. The van der Waals surface area contributed by atoms with Crippen molar-refractivity contribution in [2.24, 2.45) is 5.92 Å². The molecule has 1 fully saturated rings. The Morgan fingerprint density at radius 3 is 2.44 bits per heavy atom. The minimum atomic E-state index is 0.236. The maximum Gasteiger partial charge on any atom is 0.0580 e. The summed E-state index contributed by atoms with van der Waals surface area (Å²) < 4.78 is 5.59. The first-order valence-corrected chi connectivity index (χ1v) is 7.46. The van der Waals surface area contributed by atoms with Gasteiger partial charge in [0.05, 0.1) is 6.10 Å². The van der Waals surface area contributed by atoms with Gasteiger partial charge in [0.2, 0.25) is 0 Å². The molecule has 1 rings (SSSR count). The second kappa shape index (κ2) is 7.46. The molecule has 0 spiro atoms. The Balaban J connectivity index is 1.96. The van der Waals surface area contributed by atoms with Gasteiger partial charge in [-0.05, 0) is 66.5 Å². The zero-order chi connectivity index (χ0) is 13.6. The van der Waals surface area contributed by atoms with Crippen molar-refractivity contribution in [1.29, 1.82) is 0 Å². The fourth-order valence-corrected chi connectivity index (χ4v) is 2.42. The summed E-state index contributed by atoms with van der Waals surface area (Å²) in [5, 5.41) is 3.53. The van der Waals surface area contributed by atoms with Crippen LogP contribution < -0.4 is 5.32 Å². The lowest BCUT2D eigenvalue weighted by molar-refractivity contribution is -0.0282. The number of ether oxygens (including phenoxy) is 1. The molecular formula is C15H32N2O. The maximum atomic E-state index is 5.59. The van der Waals surface area contributed by atoms with Crippen LogP contribution in [0.15, 0.2) is 0 Å². The number of nitrogens with one attached hydrogen (secondary N) is 1. The molecule has 1 aliphatic rings. The van der Waals surface area contributed by atoms with Gasteiger partial charge in [-0.3, -0.25) is 0 Å². The van der Waals surface area contributed by atoms with E-state index in [4.69, 9.17) is 4.74 Å². The molecule has 0 heterocycles. The molecule has 0 amide bonds. The highest BCUT2D eigenvalue weighted by Crippen LogP contribution is 2.32. The number of rotatable bonds is 8. The zero-order valence-electron chi connectivity index (χ0n) is 13.0. The second-order valence-corrected chi connectivity index (χ2v) is 6.68. The van der Waals surface area contributed by atoms with Gasteiger partial charge in [0.1, 0.15) is 0 Å². The van der Waals surface area contributed by atoms with E-state index in [0.29, 0.717) is 6.10 Å². The Kier molecular flexibility index (Phi) is 6.61. The van der Waals surface area contributed by atoms with Crippen molar-refractivity contribution in [2.75, 3.05) is 33.3 Å². The van der Waals surface area contributed by atoms with Crippen LogP contribution in [0.5, 0.6) is 0 Å². The van der Waals surface area contributed by atoms with E-state index < -0.39 is 0 Å². The van der Waals surface area contributed by atoms with Crippen LogP contribution >= 0.6 is 0 Å². The van der Waals surface area contributed by atoms with Gasteiger partial charge >= 0.3 is 0 Å². The van der Waals surface area contributed by atoms with E-state index in [0.717, 1.165) is 25.6 Å². The Morgan fingerprint density at radius 2 is 1.89 bits per heavy atom. The molecule has 0 atom stereocenters. The van der Waals surface area contributed by atoms with Crippen LogP contribution in [0.3, 0.4) is 0 Å². The second-order valence-electron chi connectivity index (χ2n) is 6.68. The standard InChI is InChI=1S/C15H32N2O/c1-6-18-14-11-13(12-14)7-9-17(5)10-8-16-15(2,3)4/h13-14,16H,6-12H2,1-5H3. The molecule has 1 aliphatic carbocycles. The van der Waals surface area contributed by atoms with Gasteiger partial charge in [-0.2, -0.15) is 0 Å². The number of likely N-dealkylation sites (N-methyl/N-ethyl adjacent to an activating group) is 1. The van der Waals surface area contributed by atoms with Gasteiger partial charge in [-0.1, -0.05) is 0 Å². The minimum absolute atomic E-state index is 0.236. The number of nitrogens with zero attached hydrogens (tertiary/aromatic N) is 1. The van der Waals surface area contributed by atoms with E-state index in [1.807, 2.05) is 0 Å². The van der Waals surface area contributed by atoms with Crippen molar-refractivity contribution in [3.63, 3.8) is 0 Å². The highest BCUT2D eigenvalue weighted by Gasteiger charge is 2.29. The summed E-state index contributed by atoms with van der Waals surface area (Å²) in [5.74, 6) is 0.902. The van der Waals surface area contributed by atoms with Crippen LogP contribution in [0.4, 0.5) is 0 Å². The van der Waals surface area contributed by atoms with E-state index in [9.17, 15) is 0 Å². The van der Waals surface area contributed by atoms with Crippen LogP contribution in [-0.2, 0) is 4.74 Å². The molecule has 0 aliphatic heterocycles. The van der Waals surface area contributed by atoms with Crippen LogP contribution in [0.25, 0.3) is 0 Å². The summed E-state index contributed by atoms with van der Waals surface area (Å²) in [6.07, 6.45) is 4.45. The van der Waals surface area contributed by atoms with Crippen LogP contribution in [0, 0.1) is 5.92 Å². The maximum absolute atomic E-state index is 5.59. The van der Waals surface area contributed by atoms with Crippen molar-refractivity contribution in [3.05, 3.63) is 0 Å². The lowest BCUT2D eigenvalue weighted by Gasteiger charge is -2.36. The topological polar surface area (TPSA) is 24.5 Å². The largest absolute Gasteiger partial charge is 0.378 e. The first-order valence-electron chi connectivity index (χ1n) is 7.46. The van der Waals surface area contributed by atoms with Gasteiger partial charge in [-0.25, -0.2) is 0 Å². The highest BCUT2D eigenvalue weighted by atomic mass is 16.5. The molecule has 0 aromatic heterocycles. The van der Waals surface area contributed by atoms with Crippen LogP contribution in [0.1, 0.15) is 47.0 Å². The van der Waals surface area contributed by atoms with Crippen molar-refractivity contribution in [1.82, 2.24) is 10.2 Å². The van der Waals surface area contributed by atoms with E-state index in [1.54, 1.807) is 0 Å². The van der Waals surface area contributed by atoms with E-state index in [2.05, 4.69) is 45.0 Å². The minimum Gasteiger partial charge on any atom is -0.378 e. The van der Waals surface area contributed by atoms with Crippen molar-refractivity contribution in [2.45, 2.75) is 58.6 Å². The van der Waals surface area contributed by atoms with E-state index >= 15 is 0 Å². The zero-order valence-corrected chi connectivity index (χ0v) is 13.0. The Morgan fingerprint density at radius 1 is 1.22 bits per heavy atom. The quantitative estimate of drug-likeness (QED) is 0.722. The number of hydrogen-bond donors (Lipinski definition) is 1. The average molecular weight is 256 g/mol. The van der Waals surface area contributed by atoms with Crippen molar-refractivity contribution >= 4 is 0 Å². The average Bonchev–Trinajstić information content (AvgIpc) is 2.19. The van der Waals surface area contributed by atoms with Gasteiger partial charge in [0.25, 0.3) is 0 Å². The molecule has 0 unspecified atom stereocenters. The lowest BCUT2D eigenvalue weighted by atomic mass is 9.80. The third kappa shape index (κ3) is 6.72. The normalized spacial score (nSPS) is 24.3. The number of hydrogen-bond acceptors (Lipinski definition) is 3. The summed E-state index contributed by atoms with van der Waals surface area (Å²) in [6, 6.07) is 0. The predicted molar refractivity (Wildman–Crippen MR) is 78.0 cm³/mol. The Bertz CT molecular complexity index is 219. The Labute approximate surface area is 113 Å². The summed E-state index contributed by atoms with van der Waals surface area (Å²) >= 11 is 0. The molecule has 0 bridgehead atoms. The summed E-state index contributed by atoms with van der Waals surface area (Å²) in [5.41, 5.74) is 0.236. The summed E-state index contributed by atoms with van der Waals surface area (Å²) in [7, 11) is 2.23. The van der Waals surface area contributed by atoms with E-state index in [-0.39, 0.29) is 5.54 Å². The molecule has 0 aromatic carbocycles. The van der Waals surface area contributed by atoms with Gasteiger partial charge in [0, 0.05) is 25.2 Å². The monoisotopic (exact) mass is 256 g/mol. The third-order valence-corrected chi connectivity index (χ3v) is 3.66. The van der Waals surface area contributed by atoms with Crippen LogP contribution in [-0.4, -0.2) is 49.8 Å². The molecule has 108 valence electrons.